The normalized spacial score (nSPS) is 12.9. The lowest BCUT2D eigenvalue weighted by Crippen LogP contribution is -2.26. The fourth-order valence-electron chi connectivity index (χ4n) is 3.22. The highest BCUT2D eigenvalue weighted by atomic mass is 16.5. The van der Waals surface area contributed by atoms with Crippen molar-refractivity contribution in [3.05, 3.63) is 57.3 Å². The van der Waals surface area contributed by atoms with Crippen LogP contribution in [-0.2, 0) is 37.0 Å². The van der Waals surface area contributed by atoms with Crippen LogP contribution in [0.2, 0.25) is 0 Å². The molecule has 1 aliphatic carbocycles. The fraction of sp³-hybridized carbons (Fsp3) is 0.389. The predicted octanol–water partition coefficient (Wildman–Crippen LogP) is 1.61. The lowest BCUT2D eigenvalue weighted by Gasteiger charge is -2.15. The van der Waals surface area contributed by atoms with Gasteiger partial charge in [0, 0.05) is 17.7 Å². The van der Waals surface area contributed by atoms with Gasteiger partial charge in [0.05, 0.1) is 7.11 Å². The standard InChI is InChI=1S/C18H20N2O4/c1-24-13-8-5-12(6-9-13)7-10-16-19-18(23)14-3-2-4-15(14)20(16)11-17(21)22/h5-6,8-9H,2-4,7,10-11H2,1H3,(H,21,22). The second-order valence-corrected chi connectivity index (χ2v) is 5.94. The molecule has 0 spiro atoms. The maximum atomic E-state index is 12.2. The van der Waals surface area contributed by atoms with Gasteiger partial charge in [-0.3, -0.25) is 9.59 Å². The Hall–Kier alpha value is -2.63. The van der Waals surface area contributed by atoms with E-state index in [1.807, 2.05) is 24.3 Å². The first kappa shape index (κ1) is 16.2. The van der Waals surface area contributed by atoms with Crippen molar-refractivity contribution >= 4 is 5.97 Å². The summed E-state index contributed by atoms with van der Waals surface area (Å²) >= 11 is 0. The molecule has 126 valence electrons. The van der Waals surface area contributed by atoms with Crippen LogP contribution in [0, 0.1) is 0 Å². The SMILES string of the molecule is COc1ccc(CCc2nc(=O)c3c(n2CC(=O)O)CCC3)cc1. The Bertz CT molecular complexity index is 809. The number of aliphatic carboxylic acids is 1. The van der Waals surface area contributed by atoms with Crippen molar-refractivity contribution in [2.75, 3.05) is 7.11 Å². The summed E-state index contributed by atoms with van der Waals surface area (Å²) in [5, 5.41) is 9.19. The summed E-state index contributed by atoms with van der Waals surface area (Å²) in [5.41, 5.74) is 2.42. The number of fused-ring (bicyclic) bond motifs is 1. The van der Waals surface area contributed by atoms with Crippen LogP contribution >= 0.6 is 0 Å². The summed E-state index contributed by atoms with van der Waals surface area (Å²) in [6.07, 6.45) is 3.54. The number of carboxylic acids is 1. The number of methoxy groups -OCH3 is 1. The second kappa shape index (κ2) is 6.86. The Morgan fingerprint density at radius 2 is 2.00 bits per heavy atom. The summed E-state index contributed by atoms with van der Waals surface area (Å²) in [6, 6.07) is 7.70. The predicted molar refractivity (Wildman–Crippen MR) is 88.6 cm³/mol. The van der Waals surface area contributed by atoms with E-state index in [0.717, 1.165) is 29.8 Å². The minimum Gasteiger partial charge on any atom is -0.497 e. The van der Waals surface area contributed by atoms with Crippen LogP contribution in [0.3, 0.4) is 0 Å². The molecule has 0 bridgehead atoms. The molecule has 1 N–H and O–H groups in total. The molecule has 2 aromatic rings. The van der Waals surface area contributed by atoms with E-state index in [2.05, 4.69) is 4.98 Å². The van der Waals surface area contributed by atoms with Crippen LogP contribution < -0.4 is 10.3 Å². The smallest absolute Gasteiger partial charge is 0.323 e. The number of ether oxygens (including phenoxy) is 1. The van der Waals surface area contributed by atoms with Crippen molar-refractivity contribution in [2.24, 2.45) is 0 Å². The first-order valence-corrected chi connectivity index (χ1v) is 8.04. The Labute approximate surface area is 139 Å². The van der Waals surface area contributed by atoms with Crippen LogP contribution in [0.1, 0.15) is 29.1 Å². The van der Waals surface area contributed by atoms with Crippen molar-refractivity contribution < 1.29 is 14.6 Å². The van der Waals surface area contributed by atoms with Gasteiger partial charge in [0.15, 0.2) is 0 Å². The van der Waals surface area contributed by atoms with Crippen molar-refractivity contribution in [2.45, 2.75) is 38.6 Å². The third-order valence-electron chi connectivity index (χ3n) is 4.40. The molecule has 6 heteroatoms. The number of aromatic nitrogens is 2. The highest BCUT2D eigenvalue weighted by Gasteiger charge is 2.22. The van der Waals surface area contributed by atoms with Crippen molar-refractivity contribution in [3.8, 4) is 5.75 Å². The summed E-state index contributed by atoms with van der Waals surface area (Å²) in [4.78, 5) is 27.6. The molecule has 0 radical (unpaired) electrons. The zero-order chi connectivity index (χ0) is 17.1. The van der Waals surface area contributed by atoms with Gasteiger partial charge in [-0.05, 0) is 43.4 Å². The highest BCUT2D eigenvalue weighted by Crippen LogP contribution is 2.20. The second-order valence-electron chi connectivity index (χ2n) is 5.94. The Morgan fingerprint density at radius 3 is 2.67 bits per heavy atom. The molecule has 0 amide bonds. The number of nitrogens with zero attached hydrogens (tertiary/aromatic N) is 2. The molecule has 24 heavy (non-hydrogen) atoms. The first-order valence-electron chi connectivity index (χ1n) is 8.04. The number of carbonyl (C=O) groups is 1. The molecular weight excluding hydrogens is 308 g/mol. The maximum Gasteiger partial charge on any atom is 0.323 e. The number of aryl methyl sites for hydroxylation is 2. The van der Waals surface area contributed by atoms with Crippen LogP contribution in [0.25, 0.3) is 0 Å². The highest BCUT2D eigenvalue weighted by molar-refractivity contribution is 5.66. The van der Waals surface area contributed by atoms with E-state index < -0.39 is 5.97 Å². The number of hydrogen-bond donors (Lipinski definition) is 1. The van der Waals surface area contributed by atoms with Crippen molar-refractivity contribution in [1.29, 1.82) is 0 Å². The zero-order valence-electron chi connectivity index (χ0n) is 13.6. The Morgan fingerprint density at radius 1 is 1.25 bits per heavy atom. The van der Waals surface area contributed by atoms with Crippen molar-refractivity contribution in [3.63, 3.8) is 0 Å². The molecule has 0 saturated heterocycles. The molecule has 0 saturated carbocycles. The van der Waals surface area contributed by atoms with E-state index in [9.17, 15) is 14.7 Å². The van der Waals surface area contributed by atoms with Crippen LogP contribution in [-0.4, -0.2) is 27.7 Å². The van der Waals surface area contributed by atoms with E-state index in [4.69, 9.17) is 4.74 Å². The van der Waals surface area contributed by atoms with Gasteiger partial charge in [-0.25, -0.2) is 0 Å². The quantitative estimate of drug-likeness (QED) is 0.871. The first-order chi connectivity index (χ1) is 11.6. The van der Waals surface area contributed by atoms with Gasteiger partial charge in [0.1, 0.15) is 18.1 Å². The van der Waals surface area contributed by atoms with Gasteiger partial charge < -0.3 is 14.4 Å². The molecular formula is C18H20N2O4. The number of benzene rings is 1. The summed E-state index contributed by atoms with van der Waals surface area (Å²) in [6.45, 7) is -0.145. The third kappa shape index (κ3) is 3.32. The van der Waals surface area contributed by atoms with Crippen molar-refractivity contribution in [1.82, 2.24) is 9.55 Å². The lowest BCUT2D eigenvalue weighted by atomic mass is 10.1. The van der Waals surface area contributed by atoms with Gasteiger partial charge in [0.25, 0.3) is 5.56 Å². The van der Waals surface area contributed by atoms with Gasteiger partial charge in [-0.2, -0.15) is 4.98 Å². The van der Waals surface area contributed by atoms with E-state index in [-0.39, 0.29) is 12.1 Å². The number of carboxylic acid groups (broad SMARTS) is 1. The molecule has 0 unspecified atom stereocenters. The maximum absolute atomic E-state index is 12.2. The summed E-state index contributed by atoms with van der Waals surface area (Å²) in [5.74, 6) is 0.427. The van der Waals surface area contributed by atoms with E-state index in [1.54, 1.807) is 11.7 Å². The molecule has 1 aromatic carbocycles. The zero-order valence-corrected chi connectivity index (χ0v) is 13.6. The van der Waals surface area contributed by atoms with Crippen LogP contribution in [0.4, 0.5) is 0 Å². The minimum atomic E-state index is -0.916. The van der Waals surface area contributed by atoms with Crippen LogP contribution in [0.15, 0.2) is 29.1 Å². The van der Waals surface area contributed by atoms with E-state index in [0.29, 0.717) is 30.7 Å². The molecule has 6 nitrogen and oxygen atoms in total. The Balaban J connectivity index is 1.87. The molecule has 1 heterocycles. The number of hydrogen-bond acceptors (Lipinski definition) is 4. The van der Waals surface area contributed by atoms with Gasteiger partial charge >= 0.3 is 5.97 Å². The monoisotopic (exact) mass is 328 g/mol. The molecule has 1 aliphatic rings. The van der Waals surface area contributed by atoms with Crippen LogP contribution in [0.5, 0.6) is 5.75 Å². The van der Waals surface area contributed by atoms with E-state index in [1.165, 1.54) is 0 Å². The average Bonchev–Trinajstić information content (AvgIpc) is 3.06. The Kier molecular flexibility index (Phi) is 4.64. The lowest BCUT2D eigenvalue weighted by molar-refractivity contribution is -0.137. The number of rotatable bonds is 6. The van der Waals surface area contributed by atoms with Gasteiger partial charge in [-0.1, -0.05) is 12.1 Å². The largest absolute Gasteiger partial charge is 0.497 e. The molecule has 0 aliphatic heterocycles. The average molecular weight is 328 g/mol. The van der Waals surface area contributed by atoms with Gasteiger partial charge in [-0.15, -0.1) is 0 Å². The molecule has 0 fully saturated rings. The third-order valence-corrected chi connectivity index (χ3v) is 4.40. The van der Waals surface area contributed by atoms with Gasteiger partial charge in [0.2, 0.25) is 0 Å². The minimum absolute atomic E-state index is 0.145. The topological polar surface area (TPSA) is 81.4 Å². The van der Waals surface area contributed by atoms with E-state index >= 15 is 0 Å². The fourth-order valence-corrected chi connectivity index (χ4v) is 3.22. The molecule has 3 rings (SSSR count). The summed E-state index contributed by atoms with van der Waals surface area (Å²) < 4.78 is 6.86. The summed E-state index contributed by atoms with van der Waals surface area (Å²) in [7, 11) is 1.62. The molecule has 0 atom stereocenters. The molecule has 1 aromatic heterocycles.